The molecular weight excluding hydrogens is 280 g/mol. The molecule has 6 nitrogen and oxygen atoms in total. The Balaban J connectivity index is 1.89. The second-order valence-electron chi connectivity index (χ2n) is 6.13. The fourth-order valence-electron chi connectivity index (χ4n) is 1.93. The molecule has 0 saturated heterocycles. The lowest BCUT2D eigenvalue weighted by molar-refractivity contribution is -0.120. The highest BCUT2D eigenvalue weighted by Crippen LogP contribution is 2.21. The molecule has 0 unspecified atom stereocenters. The zero-order valence-corrected chi connectivity index (χ0v) is 12.9. The Hall–Kier alpha value is -2.63. The third-order valence-electron chi connectivity index (χ3n) is 3.18. The molecule has 1 aromatic carbocycles. The molecule has 3 N–H and O–H groups in total. The number of carbonyl (C=O) groups excluding carboxylic acids is 1. The molecule has 0 radical (unpaired) electrons. The highest BCUT2D eigenvalue weighted by atomic mass is 16.2. The number of H-pyrrole nitrogens is 2. The van der Waals surface area contributed by atoms with Gasteiger partial charge in [0.1, 0.15) is 0 Å². The van der Waals surface area contributed by atoms with Crippen LogP contribution >= 0.6 is 0 Å². The van der Waals surface area contributed by atoms with Crippen LogP contribution in [0.25, 0.3) is 0 Å². The maximum atomic E-state index is 11.6. The lowest BCUT2D eigenvalue weighted by atomic mass is 9.87. The molecule has 0 aliphatic rings. The molecule has 2 rings (SSSR count). The molecule has 22 heavy (non-hydrogen) atoms. The zero-order valence-electron chi connectivity index (χ0n) is 12.9. The quantitative estimate of drug-likeness (QED) is 0.592. The van der Waals surface area contributed by atoms with E-state index in [9.17, 15) is 9.59 Å². The van der Waals surface area contributed by atoms with Crippen molar-refractivity contribution in [1.82, 2.24) is 15.6 Å². The Morgan fingerprint density at radius 3 is 2.45 bits per heavy atom. The number of benzene rings is 1. The third kappa shape index (κ3) is 4.44. The summed E-state index contributed by atoms with van der Waals surface area (Å²) in [6, 6.07) is 9.36. The fraction of sp³-hybridized carbons (Fsp3) is 0.312. The summed E-state index contributed by atoms with van der Waals surface area (Å²) in [6.45, 7) is 6.46. The standard InChI is InChI=1S/C16H20N4O2/c1-16(2,3)12-6-4-11(5-7-12)10-17-19-14(21)8-13-9-15(22)20-18-13/h4-7,9-10H,8H2,1-3H3,(H,19,21)(H2,18,20,22)/b17-10-. The summed E-state index contributed by atoms with van der Waals surface area (Å²) in [5, 5.41) is 8.90. The van der Waals surface area contributed by atoms with Crippen LogP contribution < -0.4 is 11.0 Å². The van der Waals surface area contributed by atoms with Crippen LogP contribution in [0.15, 0.2) is 40.2 Å². The number of nitrogens with zero attached hydrogens (tertiary/aromatic N) is 1. The number of aromatic amines is 2. The van der Waals surface area contributed by atoms with Gasteiger partial charge in [0.2, 0.25) is 5.91 Å². The van der Waals surface area contributed by atoms with Crippen LogP contribution in [0.5, 0.6) is 0 Å². The van der Waals surface area contributed by atoms with Gasteiger partial charge in [-0.3, -0.25) is 14.7 Å². The molecule has 0 aliphatic carbocycles. The maximum Gasteiger partial charge on any atom is 0.264 e. The van der Waals surface area contributed by atoms with Crippen molar-refractivity contribution in [2.24, 2.45) is 5.10 Å². The molecule has 0 fully saturated rings. The number of amides is 1. The SMILES string of the molecule is CC(C)(C)c1ccc(/C=N\NC(=O)Cc2cc(=O)[nH][nH]2)cc1. The Kier molecular flexibility index (Phi) is 4.60. The van der Waals surface area contributed by atoms with Crippen molar-refractivity contribution in [3.8, 4) is 0 Å². The first-order valence-electron chi connectivity index (χ1n) is 7.03. The second kappa shape index (κ2) is 6.43. The number of carbonyl (C=O) groups is 1. The molecule has 1 amide bonds. The van der Waals surface area contributed by atoms with Gasteiger partial charge in [-0.15, -0.1) is 0 Å². The molecule has 2 aromatic rings. The lowest BCUT2D eigenvalue weighted by Gasteiger charge is -2.18. The van der Waals surface area contributed by atoms with Crippen molar-refractivity contribution in [3.05, 3.63) is 57.5 Å². The van der Waals surface area contributed by atoms with Gasteiger partial charge in [0.15, 0.2) is 0 Å². The molecule has 1 heterocycles. The Morgan fingerprint density at radius 2 is 1.91 bits per heavy atom. The van der Waals surface area contributed by atoms with Crippen molar-refractivity contribution in [3.63, 3.8) is 0 Å². The van der Waals surface area contributed by atoms with Crippen LogP contribution in [0.1, 0.15) is 37.6 Å². The average Bonchev–Trinajstić information content (AvgIpc) is 2.83. The smallest absolute Gasteiger partial charge is 0.264 e. The van der Waals surface area contributed by atoms with Crippen molar-refractivity contribution in [2.75, 3.05) is 0 Å². The molecule has 1 aromatic heterocycles. The number of aromatic nitrogens is 2. The van der Waals surface area contributed by atoms with E-state index >= 15 is 0 Å². The Morgan fingerprint density at radius 1 is 1.23 bits per heavy atom. The van der Waals surface area contributed by atoms with E-state index in [4.69, 9.17) is 0 Å². The van der Waals surface area contributed by atoms with Crippen LogP contribution in [0, 0.1) is 0 Å². The van der Waals surface area contributed by atoms with Gasteiger partial charge in [-0.1, -0.05) is 45.0 Å². The van der Waals surface area contributed by atoms with Gasteiger partial charge in [-0.25, -0.2) is 5.43 Å². The normalized spacial score (nSPS) is 11.8. The van der Waals surface area contributed by atoms with Crippen LogP contribution in [-0.2, 0) is 16.6 Å². The minimum Gasteiger partial charge on any atom is -0.302 e. The number of hydrogen-bond donors (Lipinski definition) is 3. The average molecular weight is 300 g/mol. The maximum absolute atomic E-state index is 11.6. The van der Waals surface area contributed by atoms with Crippen LogP contribution in [0.4, 0.5) is 0 Å². The molecule has 0 atom stereocenters. The van der Waals surface area contributed by atoms with Crippen molar-refractivity contribution in [2.45, 2.75) is 32.6 Å². The van der Waals surface area contributed by atoms with Crippen LogP contribution in [0.3, 0.4) is 0 Å². The van der Waals surface area contributed by atoms with Crippen molar-refractivity contribution >= 4 is 12.1 Å². The Bertz CT molecular complexity index is 718. The summed E-state index contributed by atoms with van der Waals surface area (Å²) in [6.07, 6.45) is 1.66. The third-order valence-corrected chi connectivity index (χ3v) is 3.18. The summed E-state index contributed by atoms with van der Waals surface area (Å²) in [4.78, 5) is 22.6. The van der Waals surface area contributed by atoms with Gasteiger partial charge in [-0.05, 0) is 16.5 Å². The molecule has 0 saturated carbocycles. The van der Waals surface area contributed by atoms with Crippen LogP contribution in [0.2, 0.25) is 0 Å². The highest BCUT2D eigenvalue weighted by molar-refractivity contribution is 5.83. The van der Waals surface area contributed by atoms with Crippen LogP contribution in [-0.4, -0.2) is 22.3 Å². The fourth-order valence-corrected chi connectivity index (χ4v) is 1.93. The molecule has 0 bridgehead atoms. The summed E-state index contributed by atoms with van der Waals surface area (Å²) in [5.41, 5.74) is 4.95. The van der Waals surface area contributed by atoms with E-state index in [1.54, 1.807) is 6.21 Å². The van der Waals surface area contributed by atoms with Gasteiger partial charge >= 0.3 is 0 Å². The molecule has 6 heteroatoms. The molecule has 116 valence electrons. The number of hydrazone groups is 1. The minimum atomic E-state index is -0.294. The first-order chi connectivity index (χ1) is 10.3. The highest BCUT2D eigenvalue weighted by Gasteiger charge is 2.12. The van der Waals surface area contributed by atoms with E-state index in [1.807, 2.05) is 24.3 Å². The monoisotopic (exact) mass is 300 g/mol. The first kappa shape index (κ1) is 15.8. The van der Waals surface area contributed by atoms with E-state index in [2.05, 4.69) is 41.5 Å². The molecule has 0 aliphatic heterocycles. The summed E-state index contributed by atoms with van der Waals surface area (Å²) in [5.74, 6) is -0.294. The van der Waals surface area contributed by atoms with Gasteiger partial charge in [0.05, 0.1) is 12.6 Å². The van der Waals surface area contributed by atoms with E-state index in [0.29, 0.717) is 5.69 Å². The predicted molar refractivity (Wildman–Crippen MR) is 86.0 cm³/mol. The van der Waals surface area contributed by atoms with Gasteiger partial charge < -0.3 is 5.10 Å². The van der Waals surface area contributed by atoms with Crippen molar-refractivity contribution in [1.29, 1.82) is 0 Å². The van der Waals surface area contributed by atoms with Gasteiger partial charge in [0, 0.05) is 11.8 Å². The summed E-state index contributed by atoms with van der Waals surface area (Å²) in [7, 11) is 0. The number of rotatable bonds is 4. The summed E-state index contributed by atoms with van der Waals surface area (Å²) >= 11 is 0. The largest absolute Gasteiger partial charge is 0.302 e. The van der Waals surface area contributed by atoms with E-state index < -0.39 is 0 Å². The van der Waals surface area contributed by atoms with E-state index in [1.165, 1.54) is 11.6 Å². The zero-order chi connectivity index (χ0) is 16.2. The number of hydrogen-bond acceptors (Lipinski definition) is 3. The topological polar surface area (TPSA) is 90.1 Å². The van der Waals surface area contributed by atoms with E-state index in [0.717, 1.165) is 5.56 Å². The molecular formula is C16H20N4O2. The lowest BCUT2D eigenvalue weighted by Crippen LogP contribution is -2.20. The Labute approximate surface area is 128 Å². The summed E-state index contributed by atoms with van der Waals surface area (Å²) < 4.78 is 0. The van der Waals surface area contributed by atoms with E-state index in [-0.39, 0.29) is 23.3 Å². The van der Waals surface area contributed by atoms with Gasteiger partial charge in [-0.2, -0.15) is 5.10 Å². The molecule has 0 spiro atoms. The number of nitrogens with one attached hydrogen (secondary N) is 3. The minimum absolute atomic E-state index is 0.0685. The first-order valence-corrected chi connectivity index (χ1v) is 7.03. The van der Waals surface area contributed by atoms with Crippen molar-refractivity contribution < 1.29 is 4.79 Å². The van der Waals surface area contributed by atoms with Gasteiger partial charge in [0.25, 0.3) is 5.56 Å². The predicted octanol–water partition coefficient (Wildman–Crippen LogP) is 1.69. The second-order valence-corrected chi connectivity index (χ2v) is 6.13.